The van der Waals surface area contributed by atoms with Crippen LogP contribution >= 0.6 is 15.9 Å². The number of ether oxygens (including phenoxy) is 1. The van der Waals surface area contributed by atoms with Gasteiger partial charge < -0.3 is 20.9 Å². The Kier molecular flexibility index (Phi) is 4.29. The van der Waals surface area contributed by atoms with Crippen molar-refractivity contribution in [1.29, 1.82) is 0 Å². The van der Waals surface area contributed by atoms with Crippen LogP contribution in [-0.2, 0) is 9.53 Å². The second kappa shape index (κ2) is 5.80. The molecule has 1 heterocycles. The number of halogens is 1. The maximum absolute atomic E-state index is 12.2. The van der Waals surface area contributed by atoms with Gasteiger partial charge in [0, 0.05) is 36.2 Å². The third-order valence-electron chi connectivity index (χ3n) is 3.37. The largest absolute Gasteiger partial charge is 0.480 e. The van der Waals surface area contributed by atoms with E-state index in [1.807, 2.05) is 0 Å². The summed E-state index contributed by atoms with van der Waals surface area (Å²) < 4.78 is 5.91. The number of carboxylic acids is 1. The molecule has 0 aliphatic carbocycles. The number of rotatable bonds is 3. The molecule has 0 unspecified atom stereocenters. The van der Waals surface area contributed by atoms with Crippen LogP contribution in [0.15, 0.2) is 22.7 Å². The molecule has 1 aliphatic heterocycles. The third-order valence-corrected chi connectivity index (χ3v) is 3.86. The molecule has 0 spiro atoms. The number of aliphatic carboxylic acids is 1. The molecule has 1 amide bonds. The van der Waals surface area contributed by atoms with E-state index in [9.17, 15) is 14.7 Å². The molecule has 1 aliphatic rings. The van der Waals surface area contributed by atoms with Crippen molar-refractivity contribution in [3.05, 3.63) is 28.2 Å². The molecule has 1 saturated heterocycles. The number of anilines is 1. The summed E-state index contributed by atoms with van der Waals surface area (Å²) >= 11 is 3.26. The predicted molar refractivity (Wildman–Crippen MR) is 76.4 cm³/mol. The van der Waals surface area contributed by atoms with Crippen molar-refractivity contribution >= 4 is 33.5 Å². The Hall–Kier alpha value is -1.60. The van der Waals surface area contributed by atoms with Crippen LogP contribution in [0.4, 0.5) is 5.69 Å². The molecular formula is C13H15BrN2O4. The van der Waals surface area contributed by atoms with Crippen molar-refractivity contribution in [2.75, 3.05) is 18.9 Å². The number of carbonyl (C=O) groups is 2. The fourth-order valence-electron chi connectivity index (χ4n) is 2.14. The zero-order valence-electron chi connectivity index (χ0n) is 10.7. The molecule has 1 fully saturated rings. The van der Waals surface area contributed by atoms with Gasteiger partial charge in [0.05, 0.1) is 5.56 Å². The quantitative estimate of drug-likeness (QED) is 0.720. The fraction of sp³-hybridized carbons (Fsp3) is 0.385. The van der Waals surface area contributed by atoms with Crippen molar-refractivity contribution in [1.82, 2.24) is 5.32 Å². The van der Waals surface area contributed by atoms with Gasteiger partial charge in [-0.2, -0.15) is 0 Å². The first-order chi connectivity index (χ1) is 9.44. The molecule has 0 bridgehead atoms. The van der Waals surface area contributed by atoms with Crippen molar-refractivity contribution in [2.24, 2.45) is 0 Å². The van der Waals surface area contributed by atoms with Crippen molar-refractivity contribution in [3.8, 4) is 0 Å². The van der Waals surface area contributed by atoms with Crippen LogP contribution in [0.3, 0.4) is 0 Å². The minimum absolute atomic E-state index is 0.241. The summed E-state index contributed by atoms with van der Waals surface area (Å²) in [4.78, 5) is 23.7. The van der Waals surface area contributed by atoms with Gasteiger partial charge >= 0.3 is 5.97 Å². The van der Waals surface area contributed by atoms with Gasteiger partial charge in [-0.1, -0.05) is 15.9 Å². The monoisotopic (exact) mass is 342 g/mol. The Balaban J connectivity index is 2.22. The molecule has 1 aromatic rings. The highest BCUT2D eigenvalue weighted by molar-refractivity contribution is 9.10. The summed E-state index contributed by atoms with van der Waals surface area (Å²) in [7, 11) is 0. The average molecular weight is 343 g/mol. The maximum Gasteiger partial charge on any atom is 0.329 e. The lowest BCUT2D eigenvalue weighted by Gasteiger charge is -2.34. The van der Waals surface area contributed by atoms with E-state index < -0.39 is 17.4 Å². The summed E-state index contributed by atoms with van der Waals surface area (Å²) in [5.74, 6) is -1.54. The zero-order valence-corrected chi connectivity index (χ0v) is 12.3. The highest BCUT2D eigenvalue weighted by Crippen LogP contribution is 2.24. The highest BCUT2D eigenvalue weighted by Gasteiger charge is 2.41. The Morgan fingerprint density at radius 3 is 2.55 bits per heavy atom. The molecule has 0 atom stereocenters. The predicted octanol–water partition coefficient (Wildman–Crippen LogP) is 1.39. The van der Waals surface area contributed by atoms with E-state index in [4.69, 9.17) is 10.5 Å². The van der Waals surface area contributed by atoms with Crippen molar-refractivity contribution in [3.63, 3.8) is 0 Å². The first-order valence-corrected chi connectivity index (χ1v) is 6.93. The smallest absolute Gasteiger partial charge is 0.329 e. The summed E-state index contributed by atoms with van der Waals surface area (Å²) in [5.41, 5.74) is 5.06. The second-order valence-electron chi connectivity index (χ2n) is 4.69. The molecule has 20 heavy (non-hydrogen) atoms. The molecule has 108 valence electrons. The first kappa shape index (κ1) is 14.8. The van der Waals surface area contributed by atoms with Gasteiger partial charge in [0.25, 0.3) is 5.91 Å². The topological polar surface area (TPSA) is 102 Å². The number of carboxylic acid groups (broad SMARTS) is 1. The van der Waals surface area contributed by atoms with Crippen LogP contribution in [0.5, 0.6) is 0 Å². The van der Waals surface area contributed by atoms with Crippen molar-refractivity contribution in [2.45, 2.75) is 18.4 Å². The van der Waals surface area contributed by atoms with E-state index in [-0.39, 0.29) is 18.4 Å². The van der Waals surface area contributed by atoms with Crippen molar-refractivity contribution < 1.29 is 19.4 Å². The van der Waals surface area contributed by atoms with E-state index >= 15 is 0 Å². The SMILES string of the molecule is Nc1cc(Br)ccc1C(=O)NC1(C(=O)O)CCOCC1. The normalized spacial score (nSPS) is 17.4. The van der Waals surface area contributed by atoms with Crippen LogP contribution in [-0.4, -0.2) is 35.7 Å². The lowest BCUT2D eigenvalue weighted by atomic mass is 9.89. The number of nitrogens with two attached hydrogens (primary N) is 1. The van der Waals surface area contributed by atoms with Gasteiger partial charge in [-0.05, 0) is 18.2 Å². The lowest BCUT2D eigenvalue weighted by Crippen LogP contribution is -2.57. The van der Waals surface area contributed by atoms with Gasteiger partial charge in [0.15, 0.2) is 0 Å². The van der Waals surface area contributed by atoms with E-state index in [1.54, 1.807) is 18.2 Å². The zero-order chi connectivity index (χ0) is 14.8. The van der Waals surface area contributed by atoms with E-state index in [1.165, 1.54) is 0 Å². The van der Waals surface area contributed by atoms with E-state index in [0.29, 0.717) is 18.9 Å². The van der Waals surface area contributed by atoms with Crippen LogP contribution in [0.2, 0.25) is 0 Å². The molecule has 1 aromatic carbocycles. The van der Waals surface area contributed by atoms with E-state index in [0.717, 1.165) is 4.47 Å². The molecule has 0 saturated carbocycles. The third kappa shape index (κ3) is 2.94. The van der Waals surface area contributed by atoms with Crippen LogP contribution in [0.1, 0.15) is 23.2 Å². The summed E-state index contributed by atoms with van der Waals surface area (Å²) in [5, 5.41) is 12.0. The minimum Gasteiger partial charge on any atom is -0.480 e. The van der Waals surface area contributed by atoms with Crippen LogP contribution < -0.4 is 11.1 Å². The first-order valence-electron chi connectivity index (χ1n) is 6.13. The van der Waals surface area contributed by atoms with Gasteiger partial charge in [-0.25, -0.2) is 4.79 Å². The molecule has 0 radical (unpaired) electrons. The average Bonchev–Trinajstić information content (AvgIpc) is 2.39. The van der Waals surface area contributed by atoms with Gasteiger partial charge in [-0.3, -0.25) is 4.79 Å². The Morgan fingerprint density at radius 1 is 1.35 bits per heavy atom. The lowest BCUT2D eigenvalue weighted by molar-refractivity contribution is -0.148. The Labute approximate surface area is 124 Å². The van der Waals surface area contributed by atoms with Crippen LogP contribution in [0.25, 0.3) is 0 Å². The number of hydrogen-bond acceptors (Lipinski definition) is 4. The number of carbonyl (C=O) groups excluding carboxylic acids is 1. The van der Waals surface area contributed by atoms with E-state index in [2.05, 4.69) is 21.2 Å². The molecule has 7 heteroatoms. The number of nitrogen functional groups attached to an aromatic ring is 1. The Bertz CT molecular complexity index is 541. The standard InChI is InChI=1S/C13H15BrN2O4/c14-8-1-2-9(10(15)7-8)11(17)16-13(12(18)19)3-5-20-6-4-13/h1-2,7H,3-6,15H2,(H,16,17)(H,18,19). The molecule has 2 rings (SSSR count). The minimum atomic E-state index is -1.28. The summed E-state index contributed by atoms with van der Waals surface area (Å²) in [6, 6.07) is 4.85. The number of amides is 1. The second-order valence-corrected chi connectivity index (χ2v) is 5.60. The number of benzene rings is 1. The van der Waals surface area contributed by atoms with Crippen LogP contribution in [0, 0.1) is 0 Å². The molecule has 4 N–H and O–H groups in total. The molecular weight excluding hydrogens is 328 g/mol. The highest BCUT2D eigenvalue weighted by atomic mass is 79.9. The molecule has 0 aromatic heterocycles. The summed E-state index contributed by atoms with van der Waals surface area (Å²) in [6.45, 7) is 0.616. The number of nitrogens with one attached hydrogen (secondary N) is 1. The maximum atomic E-state index is 12.2. The van der Waals surface area contributed by atoms with Gasteiger partial charge in [0.1, 0.15) is 5.54 Å². The molecule has 6 nitrogen and oxygen atoms in total. The fourth-order valence-corrected chi connectivity index (χ4v) is 2.52. The van der Waals surface area contributed by atoms with Gasteiger partial charge in [-0.15, -0.1) is 0 Å². The number of hydrogen-bond donors (Lipinski definition) is 3. The Morgan fingerprint density at radius 2 is 2.00 bits per heavy atom. The summed E-state index contributed by atoms with van der Waals surface area (Å²) in [6.07, 6.45) is 0.481. The van der Waals surface area contributed by atoms with Gasteiger partial charge in [0.2, 0.25) is 0 Å².